The fraction of sp³-hybridized carbons (Fsp3) is 0.562. The van der Waals surface area contributed by atoms with Gasteiger partial charge in [-0.1, -0.05) is 18.6 Å². The van der Waals surface area contributed by atoms with Crippen LogP contribution in [0.1, 0.15) is 30.4 Å². The molecule has 3 rings (SSSR count). The third-order valence-corrected chi connectivity index (χ3v) is 4.07. The molecule has 2 fully saturated rings. The van der Waals surface area contributed by atoms with Crippen molar-refractivity contribution >= 4 is 0 Å². The predicted octanol–water partition coefficient (Wildman–Crippen LogP) is 2.29. The molecule has 0 saturated carbocycles. The molecule has 2 aliphatic heterocycles. The Hall–Kier alpha value is -1.41. The molecule has 0 amide bonds. The van der Waals surface area contributed by atoms with Crippen LogP contribution in [0.3, 0.4) is 0 Å². The number of benzene rings is 1. The van der Waals surface area contributed by atoms with Gasteiger partial charge in [-0.05, 0) is 37.1 Å². The number of hydrogen-bond acceptors (Lipinski definition) is 4. The summed E-state index contributed by atoms with van der Waals surface area (Å²) in [5.74, 6) is 0. The third-order valence-electron chi connectivity index (χ3n) is 4.07. The maximum atomic E-state index is 8.99. The van der Waals surface area contributed by atoms with Crippen molar-refractivity contribution in [2.75, 3.05) is 19.8 Å². The second-order valence-corrected chi connectivity index (χ2v) is 5.46. The van der Waals surface area contributed by atoms with Gasteiger partial charge in [-0.2, -0.15) is 5.26 Å². The van der Waals surface area contributed by atoms with Crippen molar-refractivity contribution in [1.82, 2.24) is 4.90 Å². The molecule has 2 saturated heterocycles. The van der Waals surface area contributed by atoms with Gasteiger partial charge in [0.1, 0.15) is 0 Å². The van der Waals surface area contributed by atoms with E-state index in [2.05, 4.69) is 17.0 Å². The molecule has 0 aromatic heterocycles. The minimum atomic E-state index is -0.0746. The average Bonchev–Trinajstić information content (AvgIpc) is 3.02. The molecular weight excluding hydrogens is 252 g/mol. The van der Waals surface area contributed by atoms with E-state index in [1.54, 1.807) is 0 Å². The van der Waals surface area contributed by atoms with E-state index < -0.39 is 0 Å². The van der Waals surface area contributed by atoms with Gasteiger partial charge in [0, 0.05) is 6.54 Å². The Balaban J connectivity index is 1.71. The lowest BCUT2D eigenvalue weighted by atomic mass is 10.00. The monoisotopic (exact) mass is 272 g/mol. The predicted molar refractivity (Wildman–Crippen MR) is 74.9 cm³/mol. The average molecular weight is 272 g/mol. The van der Waals surface area contributed by atoms with E-state index in [4.69, 9.17) is 14.7 Å². The topological polar surface area (TPSA) is 45.5 Å². The van der Waals surface area contributed by atoms with Crippen molar-refractivity contribution in [2.45, 2.75) is 38.1 Å². The highest BCUT2D eigenvalue weighted by molar-refractivity contribution is 5.32. The van der Waals surface area contributed by atoms with E-state index in [1.807, 2.05) is 18.2 Å². The number of likely N-dealkylation sites (tertiary alicyclic amines) is 1. The van der Waals surface area contributed by atoms with Crippen LogP contribution in [-0.2, 0) is 16.0 Å². The van der Waals surface area contributed by atoms with E-state index in [9.17, 15) is 0 Å². The molecule has 0 radical (unpaired) electrons. The first-order valence-corrected chi connectivity index (χ1v) is 7.33. The minimum absolute atomic E-state index is 0.0746. The maximum absolute atomic E-state index is 8.99. The second-order valence-electron chi connectivity index (χ2n) is 5.46. The van der Waals surface area contributed by atoms with Crippen LogP contribution >= 0.6 is 0 Å². The van der Waals surface area contributed by atoms with Crippen molar-refractivity contribution in [3.63, 3.8) is 0 Å². The van der Waals surface area contributed by atoms with Crippen LogP contribution in [-0.4, -0.2) is 37.0 Å². The van der Waals surface area contributed by atoms with Crippen LogP contribution in [0.2, 0.25) is 0 Å². The summed E-state index contributed by atoms with van der Waals surface area (Å²) in [5, 5.41) is 8.99. The van der Waals surface area contributed by atoms with Gasteiger partial charge in [0.05, 0.1) is 30.9 Å². The summed E-state index contributed by atoms with van der Waals surface area (Å²) in [6.45, 7) is 3.35. The zero-order chi connectivity index (χ0) is 13.8. The highest BCUT2D eigenvalue weighted by Gasteiger charge is 2.33. The van der Waals surface area contributed by atoms with E-state index in [-0.39, 0.29) is 6.29 Å². The van der Waals surface area contributed by atoms with E-state index in [0.717, 1.165) is 25.1 Å². The van der Waals surface area contributed by atoms with Crippen LogP contribution in [0.25, 0.3) is 0 Å². The number of hydrogen-bond donors (Lipinski definition) is 0. The lowest BCUT2D eigenvalue weighted by Crippen LogP contribution is -2.46. The van der Waals surface area contributed by atoms with E-state index in [0.29, 0.717) is 19.3 Å². The Labute approximate surface area is 119 Å². The number of piperidine rings is 1. The van der Waals surface area contributed by atoms with Crippen LogP contribution in [0, 0.1) is 11.3 Å². The number of rotatable bonds is 3. The van der Waals surface area contributed by atoms with Gasteiger partial charge in [0.25, 0.3) is 0 Å². The highest BCUT2D eigenvalue weighted by atomic mass is 16.7. The molecule has 1 atom stereocenters. The zero-order valence-corrected chi connectivity index (χ0v) is 11.6. The molecular formula is C16H20N2O2. The molecule has 1 aromatic rings. The minimum Gasteiger partial charge on any atom is -0.349 e. The second kappa shape index (κ2) is 6.36. The maximum Gasteiger partial charge on any atom is 0.173 e. The third kappa shape index (κ3) is 3.01. The molecule has 0 bridgehead atoms. The molecule has 106 valence electrons. The van der Waals surface area contributed by atoms with Crippen LogP contribution in [0.5, 0.6) is 0 Å². The first kappa shape index (κ1) is 13.6. The molecule has 0 N–H and O–H groups in total. The van der Waals surface area contributed by atoms with Gasteiger partial charge in [-0.25, -0.2) is 0 Å². The van der Waals surface area contributed by atoms with Gasteiger partial charge < -0.3 is 9.47 Å². The summed E-state index contributed by atoms with van der Waals surface area (Å²) in [6, 6.07) is 10.4. The van der Waals surface area contributed by atoms with E-state index >= 15 is 0 Å². The van der Waals surface area contributed by atoms with Crippen molar-refractivity contribution < 1.29 is 9.47 Å². The number of nitriles is 1. The summed E-state index contributed by atoms with van der Waals surface area (Å²) in [6.07, 6.45) is 3.52. The summed E-state index contributed by atoms with van der Waals surface area (Å²) in [4.78, 5) is 2.44. The summed E-state index contributed by atoms with van der Waals surface area (Å²) >= 11 is 0. The Bertz CT molecular complexity index is 491. The Morgan fingerprint density at radius 3 is 2.90 bits per heavy atom. The van der Waals surface area contributed by atoms with Gasteiger partial charge in [0.15, 0.2) is 6.29 Å². The molecule has 1 unspecified atom stereocenters. The van der Waals surface area contributed by atoms with Crippen LogP contribution < -0.4 is 0 Å². The first-order valence-electron chi connectivity index (χ1n) is 7.33. The van der Waals surface area contributed by atoms with Crippen molar-refractivity contribution in [1.29, 1.82) is 5.26 Å². The van der Waals surface area contributed by atoms with Crippen molar-refractivity contribution in [3.8, 4) is 6.07 Å². The number of ether oxygens (including phenoxy) is 2. The molecule has 4 heteroatoms. The smallest absolute Gasteiger partial charge is 0.173 e. The van der Waals surface area contributed by atoms with Crippen LogP contribution in [0.15, 0.2) is 24.3 Å². The zero-order valence-electron chi connectivity index (χ0n) is 11.6. The van der Waals surface area contributed by atoms with Gasteiger partial charge in [-0.3, -0.25) is 4.90 Å². The Morgan fingerprint density at radius 2 is 2.10 bits per heavy atom. The largest absolute Gasteiger partial charge is 0.349 e. The summed E-state index contributed by atoms with van der Waals surface area (Å²) in [7, 11) is 0. The molecule has 20 heavy (non-hydrogen) atoms. The number of nitrogens with zero attached hydrogens (tertiary/aromatic N) is 2. The first-order chi connectivity index (χ1) is 9.86. The highest BCUT2D eigenvalue weighted by Crippen LogP contribution is 2.26. The molecule has 1 aromatic carbocycles. The molecule has 0 spiro atoms. The molecule has 4 nitrogen and oxygen atoms in total. The lowest BCUT2D eigenvalue weighted by Gasteiger charge is -2.38. The lowest BCUT2D eigenvalue weighted by molar-refractivity contribution is -0.111. The van der Waals surface area contributed by atoms with Crippen LogP contribution in [0.4, 0.5) is 0 Å². The summed E-state index contributed by atoms with van der Waals surface area (Å²) in [5.41, 5.74) is 1.92. The normalized spacial score (nSPS) is 24.6. The molecule has 2 aliphatic rings. The quantitative estimate of drug-likeness (QED) is 0.847. The Kier molecular flexibility index (Phi) is 4.31. The SMILES string of the molecule is N#Cc1cccc(CN2CCCCC2C2OCCO2)c1. The fourth-order valence-electron chi connectivity index (χ4n) is 3.09. The van der Waals surface area contributed by atoms with E-state index in [1.165, 1.54) is 18.4 Å². The molecule has 2 heterocycles. The summed E-state index contributed by atoms with van der Waals surface area (Å²) < 4.78 is 11.4. The van der Waals surface area contributed by atoms with Crippen molar-refractivity contribution in [2.24, 2.45) is 0 Å². The fourth-order valence-corrected chi connectivity index (χ4v) is 3.09. The standard InChI is InChI=1S/C16H20N2O2/c17-11-13-4-3-5-14(10-13)12-18-7-2-1-6-15(18)16-19-8-9-20-16/h3-5,10,15-16H,1-2,6-9,12H2. The Morgan fingerprint density at radius 1 is 1.25 bits per heavy atom. The molecule has 0 aliphatic carbocycles. The van der Waals surface area contributed by atoms with Gasteiger partial charge in [-0.15, -0.1) is 0 Å². The van der Waals surface area contributed by atoms with Gasteiger partial charge >= 0.3 is 0 Å². The van der Waals surface area contributed by atoms with Crippen molar-refractivity contribution in [3.05, 3.63) is 35.4 Å². The van der Waals surface area contributed by atoms with Gasteiger partial charge in [0.2, 0.25) is 0 Å².